The molecule has 2 rings (SSSR count). The minimum Gasteiger partial charge on any atom is -0.311 e. The molecular weight excluding hydrogens is 234 g/mol. The first-order valence-corrected chi connectivity index (χ1v) is 6.10. The van der Waals surface area contributed by atoms with Crippen LogP contribution in [0.2, 0.25) is 5.02 Å². The van der Waals surface area contributed by atoms with Crippen molar-refractivity contribution in [2.75, 3.05) is 6.54 Å². The Hall–Kier alpha value is -1.32. The molecule has 0 aliphatic rings. The minimum absolute atomic E-state index is 0.731. The van der Waals surface area contributed by atoms with Gasteiger partial charge >= 0.3 is 0 Å². The van der Waals surface area contributed by atoms with Crippen LogP contribution in [0.5, 0.6) is 0 Å². The van der Waals surface area contributed by atoms with Gasteiger partial charge in [-0.2, -0.15) is 5.10 Å². The molecule has 0 aliphatic carbocycles. The van der Waals surface area contributed by atoms with E-state index in [1.165, 1.54) is 0 Å². The predicted octanol–water partition coefficient (Wildman–Crippen LogP) is 2.94. The van der Waals surface area contributed by atoms with Gasteiger partial charge in [-0.3, -0.25) is 0 Å². The molecule has 17 heavy (non-hydrogen) atoms. The third-order valence-corrected chi connectivity index (χ3v) is 2.85. The molecule has 0 saturated carbocycles. The van der Waals surface area contributed by atoms with Crippen LogP contribution in [0.3, 0.4) is 0 Å². The summed E-state index contributed by atoms with van der Waals surface area (Å²) in [5.41, 5.74) is 3.22. The average Bonchev–Trinajstić information content (AvgIpc) is 2.78. The maximum absolute atomic E-state index is 6.00. The zero-order chi connectivity index (χ0) is 12.3. The molecule has 0 atom stereocenters. The van der Waals surface area contributed by atoms with E-state index in [0.29, 0.717) is 0 Å². The van der Waals surface area contributed by atoms with Gasteiger partial charge in [0.05, 0.1) is 11.4 Å². The molecule has 1 aromatic carbocycles. The summed E-state index contributed by atoms with van der Waals surface area (Å²) in [5.74, 6) is 0. The van der Waals surface area contributed by atoms with Gasteiger partial charge in [-0.1, -0.05) is 24.6 Å². The smallest absolute Gasteiger partial charge is 0.0766 e. The van der Waals surface area contributed by atoms with Gasteiger partial charge in [-0.05, 0) is 37.2 Å². The first-order chi connectivity index (χ1) is 8.20. The van der Waals surface area contributed by atoms with Crippen LogP contribution in [0, 0.1) is 6.92 Å². The van der Waals surface area contributed by atoms with Gasteiger partial charge in [0, 0.05) is 17.8 Å². The minimum atomic E-state index is 0.731. The lowest BCUT2D eigenvalue weighted by Crippen LogP contribution is -2.12. The molecule has 0 radical (unpaired) electrons. The molecule has 0 aliphatic heterocycles. The second-order valence-corrected chi connectivity index (χ2v) is 4.40. The van der Waals surface area contributed by atoms with Gasteiger partial charge in [0.15, 0.2) is 0 Å². The Kier molecular flexibility index (Phi) is 3.82. The summed E-state index contributed by atoms with van der Waals surface area (Å²) >= 11 is 6.00. The van der Waals surface area contributed by atoms with Crippen molar-refractivity contribution in [3.8, 4) is 5.69 Å². The van der Waals surface area contributed by atoms with Crippen LogP contribution in [0.4, 0.5) is 0 Å². The van der Waals surface area contributed by atoms with E-state index in [0.717, 1.165) is 35.1 Å². The van der Waals surface area contributed by atoms with Gasteiger partial charge in [0.25, 0.3) is 0 Å². The molecule has 1 aromatic heterocycles. The Morgan fingerprint density at radius 1 is 1.35 bits per heavy atom. The molecule has 1 heterocycles. The first kappa shape index (κ1) is 12.1. The Balaban J connectivity index is 2.27. The van der Waals surface area contributed by atoms with E-state index < -0.39 is 0 Å². The molecule has 2 aromatic rings. The number of aryl methyl sites for hydroxylation is 1. The highest BCUT2D eigenvalue weighted by molar-refractivity contribution is 6.30. The molecule has 0 saturated heterocycles. The highest BCUT2D eigenvalue weighted by Gasteiger charge is 2.04. The highest BCUT2D eigenvalue weighted by Crippen LogP contribution is 2.18. The zero-order valence-electron chi connectivity index (χ0n) is 10.1. The molecule has 0 unspecified atom stereocenters. The third kappa shape index (κ3) is 2.87. The Morgan fingerprint density at radius 3 is 2.94 bits per heavy atom. The largest absolute Gasteiger partial charge is 0.311 e. The Bertz CT molecular complexity index is 505. The van der Waals surface area contributed by atoms with Crippen molar-refractivity contribution in [3.63, 3.8) is 0 Å². The first-order valence-electron chi connectivity index (χ1n) is 5.72. The predicted molar refractivity (Wildman–Crippen MR) is 70.7 cm³/mol. The second kappa shape index (κ2) is 5.34. The van der Waals surface area contributed by atoms with Crippen molar-refractivity contribution in [2.45, 2.75) is 20.4 Å². The maximum atomic E-state index is 6.00. The third-order valence-electron chi connectivity index (χ3n) is 2.62. The molecule has 3 nitrogen and oxygen atoms in total. The van der Waals surface area contributed by atoms with E-state index in [9.17, 15) is 0 Å². The second-order valence-electron chi connectivity index (χ2n) is 3.96. The van der Waals surface area contributed by atoms with Gasteiger partial charge in [-0.15, -0.1) is 0 Å². The van der Waals surface area contributed by atoms with Gasteiger partial charge in [0.2, 0.25) is 0 Å². The number of nitrogens with zero attached hydrogens (tertiary/aromatic N) is 2. The number of halogens is 1. The topological polar surface area (TPSA) is 29.9 Å². The number of benzene rings is 1. The van der Waals surface area contributed by atoms with Gasteiger partial charge in [-0.25, -0.2) is 4.68 Å². The zero-order valence-corrected chi connectivity index (χ0v) is 10.8. The molecule has 0 fully saturated rings. The number of rotatable bonds is 4. The normalized spacial score (nSPS) is 10.8. The number of nitrogens with one attached hydrogen (secondary N) is 1. The van der Waals surface area contributed by atoms with Gasteiger partial charge in [0.1, 0.15) is 0 Å². The van der Waals surface area contributed by atoms with Crippen molar-refractivity contribution in [3.05, 3.63) is 46.7 Å². The molecule has 90 valence electrons. The van der Waals surface area contributed by atoms with E-state index in [2.05, 4.69) is 24.3 Å². The molecular formula is C13H16ClN3. The SMILES string of the molecule is CCNCc1ccn(-c2cc(Cl)ccc2C)n1. The standard InChI is InChI=1S/C13H16ClN3/c1-3-15-9-12-6-7-17(16-12)13-8-11(14)5-4-10(13)2/h4-8,15H,3,9H2,1-2H3. The van der Waals surface area contributed by atoms with E-state index in [1.807, 2.05) is 35.1 Å². The summed E-state index contributed by atoms with van der Waals surface area (Å²) in [6.07, 6.45) is 1.96. The van der Waals surface area contributed by atoms with Crippen LogP contribution < -0.4 is 5.32 Å². The van der Waals surface area contributed by atoms with Crippen molar-refractivity contribution in [2.24, 2.45) is 0 Å². The van der Waals surface area contributed by atoms with Crippen LogP contribution in [-0.2, 0) is 6.54 Å². The lowest BCUT2D eigenvalue weighted by Gasteiger charge is -2.06. The van der Waals surface area contributed by atoms with E-state index in [1.54, 1.807) is 0 Å². The van der Waals surface area contributed by atoms with Crippen LogP contribution in [-0.4, -0.2) is 16.3 Å². The fourth-order valence-corrected chi connectivity index (χ4v) is 1.84. The summed E-state index contributed by atoms with van der Waals surface area (Å²) in [6, 6.07) is 7.84. The Morgan fingerprint density at radius 2 is 2.18 bits per heavy atom. The lowest BCUT2D eigenvalue weighted by molar-refractivity contribution is 0.696. The summed E-state index contributed by atoms with van der Waals surface area (Å²) in [4.78, 5) is 0. The molecule has 0 amide bonds. The number of hydrogen-bond acceptors (Lipinski definition) is 2. The summed E-state index contributed by atoms with van der Waals surface area (Å²) in [7, 11) is 0. The van der Waals surface area contributed by atoms with Crippen LogP contribution in [0.25, 0.3) is 5.69 Å². The molecule has 1 N–H and O–H groups in total. The lowest BCUT2D eigenvalue weighted by atomic mass is 10.2. The van der Waals surface area contributed by atoms with Crippen LogP contribution in [0.15, 0.2) is 30.5 Å². The van der Waals surface area contributed by atoms with Gasteiger partial charge < -0.3 is 5.32 Å². The maximum Gasteiger partial charge on any atom is 0.0766 e. The molecule has 0 spiro atoms. The number of aromatic nitrogens is 2. The summed E-state index contributed by atoms with van der Waals surface area (Å²) in [6.45, 7) is 5.88. The van der Waals surface area contributed by atoms with Crippen LogP contribution >= 0.6 is 11.6 Å². The highest BCUT2D eigenvalue weighted by atomic mass is 35.5. The van der Waals surface area contributed by atoms with Crippen molar-refractivity contribution < 1.29 is 0 Å². The quantitative estimate of drug-likeness (QED) is 0.903. The summed E-state index contributed by atoms with van der Waals surface area (Å²) < 4.78 is 1.87. The monoisotopic (exact) mass is 249 g/mol. The van der Waals surface area contributed by atoms with E-state index >= 15 is 0 Å². The summed E-state index contributed by atoms with van der Waals surface area (Å²) in [5, 5.41) is 8.50. The number of hydrogen-bond donors (Lipinski definition) is 1. The van der Waals surface area contributed by atoms with Crippen LogP contribution in [0.1, 0.15) is 18.2 Å². The fraction of sp³-hybridized carbons (Fsp3) is 0.308. The average molecular weight is 250 g/mol. The molecule has 4 heteroatoms. The van der Waals surface area contributed by atoms with E-state index in [-0.39, 0.29) is 0 Å². The van der Waals surface area contributed by atoms with Crippen molar-refractivity contribution in [1.29, 1.82) is 0 Å². The van der Waals surface area contributed by atoms with Crippen molar-refractivity contribution in [1.82, 2.24) is 15.1 Å². The molecule has 0 bridgehead atoms. The van der Waals surface area contributed by atoms with E-state index in [4.69, 9.17) is 11.6 Å². The Labute approximate surface area is 106 Å². The fourth-order valence-electron chi connectivity index (χ4n) is 1.67. The van der Waals surface area contributed by atoms with Crippen molar-refractivity contribution >= 4 is 11.6 Å².